The summed E-state index contributed by atoms with van der Waals surface area (Å²) in [6, 6.07) is 0.409. The Kier molecular flexibility index (Phi) is 9.31. The van der Waals surface area contributed by atoms with Crippen LogP contribution >= 0.6 is 11.6 Å². The van der Waals surface area contributed by atoms with E-state index in [4.69, 9.17) is 21.3 Å². The summed E-state index contributed by atoms with van der Waals surface area (Å²) in [5.74, 6) is -0.341. The summed E-state index contributed by atoms with van der Waals surface area (Å²) >= 11 is 5.35. The van der Waals surface area contributed by atoms with Crippen molar-refractivity contribution in [3.63, 3.8) is 0 Å². The molecule has 0 atom stereocenters. The third-order valence-electron chi connectivity index (χ3n) is 2.77. The van der Waals surface area contributed by atoms with Gasteiger partial charge in [0.15, 0.2) is 0 Å². The van der Waals surface area contributed by atoms with E-state index in [1.165, 1.54) is 0 Å². The number of carboxylic acid groups (broad SMARTS) is 1. The molecule has 156 valence electrons. The molecule has 0 aliphatic rings. The fourth-order valence-electron chi connectivity index (χ4n) is 1.68. The maximum atomic E-state index is 10.9. The average molecular weight is 445 g/mol. The summed E-state index contributed by atoms with van der Waals surface area (Å²) in [6.07, 6.45) is 0. The lowest BCUT2D eigenvalue weighted by molar-refractivity contribution is -0.407. The zero-order valence-corrected chi connectivity index (χ0v) is 15.5. The highest BCUT2D eigenvalue weighted by Gasteiger charge is 2.37. The highest BCUT2D eigenvalue weighted by atomic mass is 35.5. The van der Waals surface area contributed by atoms with Crippen molar-refractivity contribution in [2.45, 2.75) is 4.90 Å². The van der Waals surface area contributed by atoms with Crippen LogP contribution in [0, 0.1) is 30.3 Å². The molecule has 0 amide bonds. The summed E-state index contributed by atoms with van der Waals surface area (Å²) in [4.78, 5) is 37.8. The van der Waals surface area contributed by atoms with Crippen LogP contribution in [-0.2, 0) is 14.9 Å². The molecule has 0 radical (unpaired) electrons. The predicted molar refractivity (Wildman–Crippen MR) is 92.1 cm³/mol. The standard InChI is InChI=1S/C6H3N3O9S.C5H10ClNO2/c10-7(11)3-1-4(8(12)13)6(19(16,17)18)5(2-3)9(14)15;1-7(3-2-6)4-5(8)9/h1-2H,(H,16,17,18);2-4H2,1H3,(H,8,9). The van der Waals surface area contributed by atoms with E-state index in [-0.39, 0.29) is 18.7 Å². The molecule has 1 rings (SSSR count). The van der Waals surface area contributed by atoms with Crippen LogP contribution in [0.4, 0.5) is 17.1 Å². The van der Waals surface area contributed by atoms with Crippen LogP contribution in [0.2, 0.25) is 0 Å². The first-order chi connectivity index (χ1) is 12.7. The number of nitrogens with zero attached hydrogens (tertiary/aromatic N) is 4. The Morgan fingerprint density at radius 1 is 1.11 bits per heavy atom. The van der Waals surface area contributed by atoms with Gasteiger partial charge in [-0.25, -0.2) is 0 Å². The van der Waals surface area contributed by atoms with Gasteiger partial charge in [0.1, 0.15) is 0 Å². The van der Waals surface area contributed by atoms with Crippen molar-refractivity contribution in [3.8, 4) is 0 Å². The van der Waals surface area contributed by atoms with Gasteiger partial charge in [-0.05, 0) is 7.05 Å². The summed E-state index contributed by atoms with van der Waals surface area (Å²) in [7, 11) is -3.58. The monoisotopic (exact) mass is 444 g/mol. The summed E-state index contributed by atoms with van der Waals surface area (Å²) < 4.78 is 30.7. The molecule has 0 saturated carbocycles. The molecule has 0 unspecified atom stereocenters. The Morgan fingerprint density at radius 3 is 1.79 bits per heavy atom. The lowest BCUT2D eigenvalue weighted by atomic mass is 10.2. The molecule has 0 aromatic heterocycles. The second-order valence-electron chi connectivity index (χ2n) is 4.88. The first-order valence-corrected chi connectivity index (χ1v) is 8.74. The largest absolute Gasteiger partial charge is 0.480 e. The van der Waals surface area contributed by atoms with Crippen LogP contribution in [0.25, 0.3) is 0 Å². The fourth-order valence-corrected chi connectivity index (χ4v) is 2.76. The molecular weight excluding hydrogens is 432 g/mol. The first-order valence-electron chi connectivity index (χ1n) is 6.77. The first kappa shape index (κ1) is 25.1. The van der Waals surface area contributed by atoms with Crippen LogP contribution in [0.3, 0.4) is 0 Å². The van der Waals surface area contributed by atoms with Crippen molar-refractivity contribution in [1.29, 1.82) is 0 Å². The van der Waals surface area contributed by atoms with Gasteiger partial charge in [0, 0.05) is 12.4 Å². The zero-order chi connectivity index (χ0) is 22.2. The number of carboxylic acids is 1. The number of carbonyl (C=O) groups is 1. The maximum Gasteiger partial charge on any atom is 0.317 e. The number of aliphatic carboxylic acids is 1. The molecule has 2 N–H and O–H groups in total. The van der Waals surface area contributed by atoms with E-state index in [9.17, 15) is 43.6 Å². The van der Waals surface area contributed by atoms with Crippen LogP contribution < -0.4 is 0 Å². The van der Waals surface area contributed by atoms with Gasteiger partial charge in [-0.1, -0.05) is 0 Å². The molecule has 1 aromatic carbocycles. The molecular formula is C11H13ClN4O11S. The van der Waals surface area contributed by atoms with Gasteiger partial charge in [-0.3, -0.25) is 44.6 Å². The van der Waals surface area contributed by atoms with Crippen LogP contribution in [0.15, 0.2) is 17.0 Å². The van der Waals surface area contributed by atoms with Crippen molar-refractivity contribution >= 4 is 44.8 Å². The van der Waals surface area contributed by atoms with Gasteiger partial charge in [0.2, 0.25) is 4.90 Å². The minimum atomic E-state index is -5.30. The van der Waals surface area contributed by atoms with Crippen molar-refractivity contribution in [2.24, 2.45) is 0 Å². The Bertz CT molecular complexity index is 854. The van der Waals surface area contributed by atoms with Gasteiger partial charge in [0.05, 0.1) is 33.4 Å². The van der Waals surface area contributed by atoms with Crippen LogP contribution in [0.5, 0.6) is 0 Å². The summed E-state index contributed by atoms with van der Waals surface area (Å²) in [5.41, 5.74) is -3.96. The van der Waals surface area contributed by atoms with E-state index >= 15 is 0 Å². The van der Waals surface area contributed by atoms with E-state index in [1.807, 2.05) is 0 Å². The van der Waals surface area contributed by atoms with E-state index in [0.29, 0.717) is 12.4 Å². The average Bonchev–Trinajstić information content (AvgIpc) is 2.52. The van der Waals surface area contributed by atoms with Gasteiger partial charge < -0.3 is 5.11 Å². The highest BCUT2D eigenvalue weighted by molar-refractivity contribution is 7.86. The molecule has 0 aliphatic heterocycles. The van der Waals surface area contributed by atoms with Gasteiger partial charge in [-0.2, -0.15) is 8.42 Å². The minimum Gasteiger partial charge on any atom is -0.480 e. The predicted octanol–water partition coefficient (Wildman–Crippen LogP) is 0.900. The Balaban J connectivity index is 0.000000684. The van der Waals surface area contributed by atoms with Gasteiger partial charge >= 0.3 is 27.5 Å². The Labute approximate surface area is 161 Å². The van der Waals surface area contributed by atoms with E-state index in [2.05, 4.69) is 0 Å². The maximum absolute atomic E-state index is 10.9. The van der Waals surface area contributed by atoms with Gasteiger partial charge in [-0.15, -0.1) is 11.6 Å². The number of benzene rings is 1. The molecule has 17 heteroatoms. The molecule has 0 spiro atoms. The molecule has 15 nitrogen and oxygen atoms in total. The molecule has 0 fully saturated rings. The number of likely N-dealkylation sites (N-methyl/N-ethyl adjacent to an activating group) is 1. The highest BCUT2D eigenvalue weighted by Crippen LogP contribution is 2.36. The van der Waals surface area contributed by atoms with E-state index in [1.54, 1.807) is 11.9 Å². The number of rotatable bonds is 8. The van der Waals surface area contributed by atoms with Crippen molar-refractivity contribution in [1.82, 2.24) is 4.90 Å². The van der Waals surface area contributed by atoms with Crippen molar-refractivity contribution in [2.75, 3.05) is 26.0 Å². The van der Waals surface area contributed by atoms with Crippen LogP contribution in [-0.4, -0.2) is 69.7 Å². The number of hydrogen-bond acceptors (Lipinski definition) is 10. The lowest BCUT2D eigenvalue weighted by Gasteiger charge is -2.09. The molecule has 0 aliphatic carbocycles. The van der Waals surface area contributed by atoms with Crippen molar-refractivity contribution < 1.29 is 37.6 Å². The quantitative estimate of drug-likeness (QED) is 0.246. The fraction of sp³-hybridized carbons (Fsp3) is 0.364. The number of alkyl halides is 1. The Hall–Kier alpha value is -2.95. The van der Waals surface area contributed by atoms with E-state index in [0.717, 1.165) is 0 Å². The van der Waals surface area contributed by atoms with Crippen molar-refractivity contribution in [3.05, 3.63) is 42.5 Å². The van der Waals surface area contributed by atoms with Gasteiger partial charge in [0.25, 0.3) is 5.69 Å². The molecule has 0 heterocycles. The SMILES string of the molecule is CN(CCCl)CC(=O)O.O=[N+]([O-])c1cc([N+](=O)[O-])c(S(=O)(=O)O)c([N+](=O)[O-])c1. The third-order valence-corrected chi connectivity index (χ3v) is 3.87. The van der Waals surface area contributed by atoms with Crippen LogP contribution in [0.1, 0.15) is 0 Å². The second kappa shape index (κ2) is 10.4. The smallest absolute Gasteiger partial charge is 0.317 e. The summed E-state index contributed by atoms with van der Waals surface area (Å²) in [6.45, 7) is 0.681. The molecule has 0 bridgehead atoms. The Morgan fingerprint density at radius 2 is 1.54 bits per heavy atom. The topological polar surface area (TPSA) is 224 Å². The molecule has 0 saturated heterocycles. The second-order valence-corrected chi connectivity index (χ2v) is 6.62. The zero-order valence-electron chi connectivity index (χ0n) is 13.9. The number of non-ortho nitro benzene ring substituents is 1. The van der Waals surface area contributed by atoms with E-state index < -0.39 is 52.8 Å². The third kappa shape index (κ3) is 7.74. The number of halogens is 1. The lowest BCUT2D eigenvalue weighted by Crippen LogP contribution is -2.27. The number of nitro groups is 3. The minimum absolute atomic E-state index is 0.0622. The molecule has 1 aromatic rings. The normalized spacial score (nSPS) is 10.7. The summed E-state index contributed by atoms with van der Waals surface area (Å²) in [5, 5.41) is 39.9. The number of nitro benzene ring substituents is 3. The molecule has 28 heavy (non-hydrogen) atoms. The number of hydrogen-bond donors (Lipinski definition) is 2.